The smallest absolute Gasteiger partial charge is 0.277 e. The highest BCUT2D eigenvalue weighted by atomic mass is 32.2. The third-order valence-electron chi connectivity index (χ3n) is 3.93. The van der Waals surface area contributed by atoms with Crippen LogP contribution in [0.2, 0.25) is 0 Å². The summed E-state index contributed by atoms with van der Waals surface area (Å²) in [6, 6.07) is 3.24. The highest BCUT2D eigenvalue weighted by Gasteiger charge is 2.20. The molecule has 2 aromatic rings. The van der Waals surface area contributed by atoms with Crippen molar-refractivity contribution >= 4 is 23.1 Å². The van der Waals surface area contributed by atoms with Crippen LogP contribution in [-0.2, 0) is 4.74 Å². The summed E-state index contributed by atoms with van der Waals surface area (Å²) < 4.78 is 10.8. The number of ether oxygens (including phenoxy) is 1. The number of benzene rings is 1. The largest absolute Gasteiger partial charge is 0.411 e. The van der Waals surface area contributed by atoms with Gasteiger partial charge in [0.15, 0.2) is 0 Å². The molecule has 0 bridgehead atoms. The second-order valence-corrected chi connectivity index (χ2v) is 6.83. The van der Waals surface area contributed by atoms with E-state index in [2.05, 4.69) is 15.1 Å². The number of nitro groups is 2. The zero-order valence-electron chi connectivity index (χ0n) is 14.3. The van der Waals surface area contributed by atoms with Crippen molar-refractivity contribution in [1.82, 2.24) is 15.1 Å². The Hall–Kier alpha value is -2.57. The molecule has 0 saturated carbocycles. The lowest BCUT2D eigenvalue weighted by atomic mass is 10.2. The molecule has 144 valence electrons. The van der Waals surface area contributed by atoms with Gasteiger partial charge in [-0.1, -0.05) is 11.8 Å². The minimum atomic E-state index is -0.700. The first-order valence-corrected chi connectivity index (χ1v) is 9.22. The van der Waals surface area contributed by atoms with Crippen molar-refractivity contribution in [2.24, 2.45) is 0 Å². The summed E-state index contributed by atoms with van der Waals surface area (Å²) in [6.07, 6.45) is 0.935. The highest BCUT2D eigenvalue weighted by molar-refractivity contribution is 7.99. The quantitative estimate of drug-likeness (QED) is 0.283. The van der Waals surface area contributed by atoms with Crippen LogP contribution in [0.4, 0.5) is 11.4 Å². The predicted molar refractivity (Wildman–Crippen MR) is 95.6 cm³/mol. The van der Waals surface area contributed by atoms with Crippen molar-refractivity contribution in [3.05, 3.63) is 38.4 Å². The Balaban J connectivity index is 1.61. The van der Waals surface area contributed by atoms with Crippen molar-refractivity contribution in [3.63, 3.8) is 0 Å². The van der Waals surface area contributed by atoms with Crippen LogP contribution in [0.15, 0.2) is 27.8 Å². The van der Waals surface area contributed by atoms with Crippen LogP contribution in [0.25, 0.3) is 11.5 Å². The number of non-ortho nitro benzene ring substituents is 2. The molecule has 2 heterocycles. The molecule has 1 aromatic carbocycles. The van der Waals surface area contributed by atoms with Crippen molar-refractivity contribution in [2.45, 2.75) is 11.6 Å². The fourth-order valence-electron chi connectivity index (χ4n) is 2.59. The molecular weight excluding hydrogens is 378 g/mol. The molecule has 1 aliphatic heterocycles. The van der Waals surface area contributed by atoms with Gasteiger partial charge < -0.3 is 9.15 Å². The van der Waals surface area contributed by atoms with Gasteiger partial charge in [-0.2, -0.15) is 0 Å². The molecule has 0 N–H and O–H groups in total. The summed E-state index contributed by atoms with van der Waals surface area (Å²) in [4.78, 5) is 22.9. The monoisotopic (exact) mass is 395 g/mol. The van der Waals surface area contributed by atoms with Crippen molar-refractivity contribution in [1.29, 1.82) is 0 Å². The summed E-state index contributed by atoms with van der Waals surface area (Å²) in [5.74, 6) is 0.783. The van der Waals surface area contributed by atoms with Gasteiger partial charge in [-0.3, -0.25) is 25.1 Å². The van der Waals surface area contributed by atoms with E-state index in [1.54, 1.807) is 0 Å². The first kappa shape index (κ1) is 19.2. The molecule has 12 heteroatoms. The number of aromatic nitrogens is 2. The SMILES string of the molecule is O=[N+]([O-])c1cc(-c2nnc(SCCCN3CCOCC3)o2)cc([N+](=O)[O-])c1. The minimum absolute atomic E-state index is 0.0116. The van der Waals surface area contributed by atoms with Crippen LogP contribution >= 0.6 is 11.8 Å². The standard InChI is InChI=1S/C15H17N5O6S/c21-19(22)12-8-11(9-13(10-12)20(23)24)14-16-17-15(26-14)27-7-1-2-18-3-5-25-6-4-18/h8-10H,1-7H2. The lowest BCUT2D eigenvalue weighted by molar-refractivity contribution is -0.394. The van der Waals surface area contributed by atoms with E-state index < -0.39 is 21.2 Å². The molecule has 27 heavy (non-hydrogen) atoms. The number of nitro benzene ring substituents is 2. The average Bonchev–Trinajstić information content (AvgIpc) is 3.14. The third kappa shape index (κ3) is 5.21. The van der Waals surface area contributed by atoms with Crippen LogP contribution < -0.4 is 0 Å². The van der Waals surface area contributed by atoms with Gasteiger partial charge in [-0.15, -0.1) is 10.2 Å². The topological polar surface area (TPSA) is 138 Å². The van der Waals surface area contributed by atoms with Crippen molar-refractivity contribution < 1.29 is 19.0 Å². The Morgan fingerprint density at radius 1 is 1.07 bits per heavy atom. The van der Waals surface area contributed by atoms with Gasteiger partial charge in [0.1, 0.15) is 0 Å². The lowest BCUT2D eigenvalue weighted by Crippen LogP contribution is -2.36. The molecule has 0 aliphatic carbocycles. The second-order valence-electron chi connectivity index (χ2n) is 5.78. The number of morpholine rings is 1. The van der Waals surface area contributed by atoms with E-state index >= 15 is 0 Å². The Bertz CT molecular complexity index is 791. The minimum Gasteiger partial charge on any atom is -0.411 e. The molecule has 1 fully saturated rings. The van der Waals surface area contributed by atoms with Gasteiger partial charge >= 0.3 is 0 Å². The molecule has 0 spiro atoms. The fourth-order valence-corrected chi connectivity index (χ4v) is 3.27. The summed E-state index contributed by atoms with van der Waals surface area (Å²) >= 11 is 1.38. The summed E-state index contributed by atoms with van der Waals surface area (Å²) in [5.41, 5.74) is -0.669. The lowest BCUT2D eigenvalue weighted by Gasteiger charge is -2.26. The van der Waals surface area contributed by atoms with Crippen molar-refractivity contribution in [2.75, 3.05) is 38.6 Å². The van der Waals surface area contributed by atoms with E-state index in [1.807, 2.05) is 0 Å². The van der Waals surface area contributed by atoms with E-state index in [9.17, 15) is 20.2 Å². The van der Waals surface area contributed by atoms with Gasteiger partial charge in [0, 0.05) is 31.0 Å². The molecule has 1 aliphatic rings. The Morgan fingerprint density at radius 3 is 2.37 bits per heavy atom. The molecule has 11 nitrogen and oxygen atoms in total. The maximum atomic E-state index is 11.0. The van der Waals surface area contributed by atoms with Gasteiger partial charge in [0.25, 0.3) is 16.6 Å². The molecule has 0 radical (unpaired) electrons. The predicted octanol–water partition coefficient (Wildman–Crippen LogP) is 2.37. The number of hydrogen-bond donors (Lipinski definition) is 0. The second kappa shape index (κ2) is 8.88. The average molecular weight is 395 g/mol. The van der Waals surface area contributed by atoms with Crippen LogP contribution in [0, 0.1) is 20.2 Å². The fraction of sp³-hybridized carbons (Fsp3) is 0.467. The van der Waals surface area contributed by atoms with Gasteiger partial charge in [0.2, 0.25) is 5.89 Å². The first-order chi connectivity index (χ1) is 13.0. The third-order valence-corrected chi connectivity index (χ3v) is 4.83. The molecule has 1 aromatic heterocycles. The van der Waals surface area contributed by atoms with E-state index in [1.165, 1.54) is 23.9 Å². The van der Waals surface area contributed by atoms with Crippen LogP contribution in [0.3, 0.4) is 0 Å². The first-order valence-electron chi connectivity index (χ1n) is 8.23. The number of thioether (sulfide) groups is 1. The zero-order valence-corrected chi connectivity index (χ0v) is 15.1. The van der Waals surface area contributed by atoms with Crippen molar-refractivity contribution in [3.8, 4) is 11.5 Å². The van der Waals surface area contributed by atoms with E-state index in [4.69, 9.17) is 9.15 Å². The Morgan fingerprint density at radius 2 is 1.74 bits per heavy atom. The van der Waals surface area contributed by atoms with E-state index in [-0.39, 0.29) is 11.5 Å². The number of hydrogen-bond acceptors (Lipinski definition) is 10. The van der Waals surface area contributed by atoms with E-state index in [0.29, 0.717) is 5.22 Å². The van der Waals surface area contributed by atoms with E-state index in [0.717, 1.165) is 51.1 Å². The summed E-state index contributed by atoms with van der Waals surface area (Å²) in [6.45, 7) is 4.33. The molecule has 3 rings (SSSR count). The van der Waals surface area contributed by atoms with Crippen LogP contribution in [0.1, 0.15) is 6.42 Å². The molecule has 0 amide bonds. The van der Waals surface area contributed by atoms with Gasteiger partial charge in [0.05, 0.1) is 34.7 Å². The number of rotatable bonds is 8. The van der Waals surface area contributed by atoms with Gasteiger partial charge in [-0.25, -0.2) is 0 Å². The molecule has 0 atom stereocenters. The zero-order chi connectivity index (χ0) is 19.2. The normalized spacial score (nSPS) is 15.0. The maximum absolute atomic E-state index is 11.0. The summed E-state index contributed by atoms with van der Waals surface area (Å²) in [5, 5.41) is 30.0. The molecular formula is C15H17N5O6S. The van der Waals surface area contributed by atoms with Crippen LogP contribution in [-0.4, -0.2) is 63.5 Å². The van der Waals surface area contributed by atoms with Crippen LogP contribution in [0.5, 0.6) is 0 Å². The number of nitrogens with zero attached hydrogens (tertiary/aromatic N) is 5. The summed E-state index contributed by atoms with van der Waals surface area (Å²) in [7, 11) is 0. The molecule has 1 saturated heterocycles. The Kier molecular flexibility index (Phi) is 6.32. The molecule has 0 unspecified atom stereocenters. The van der Waals surface area contributed by atoms with Gasteiger partial charge in [-0.05, 0) is 13.0 Å². The highest BCUT2D eigenvalue weighted by Crippen LogP contribution is 2.30. The maximum Gasteiger partial charge on any atom is 0.277 e. The Labute approximate surface area is 158 Å².